The largest absolute Gasteiger partial charge is 0.314 e. The average Bonchev–Trinajstić information content (AvgIpc) is 2.97. The smallest absolute Gasteiger partial charge is 0.126 e. The molecule has 1 atom stereocenters. The van der Waals surface area contributed by atoms with E-state index in [-0.39, 0.29) is 5.82 Å². The number of aryl methyl sites for hydroxylation is 1. The molecule has 0 saturated heterocycles. The van der Waals surface area contributed by atoms with Crippen LogP contribution in [-0.2, 0) is 12.8 Å². The minimum absolute atomic E-state index is 0.0908. The quantitative estimate of drug-likeness (QED) is 0.758. The highest BCUT2D eigenvalue weighted by Crippen LogP contribution is 2.15. The van der Waals surface area contributed by atoms with E-state index in [0.29, 0.717) is 6.04 Å². The Balaban J connectivity index is 1.94. The summed E-state index contributed by atoms with van der Waals surface area (Å²) in [6, 6.07) is 11.7. The normalized spacial score (nSPS) is 12.5. The van der Waals surface area contributed by atoms with Crippen molar-refractivity contribution >= 4 is 11.3 Å². The Labute approximate surface area is 124 Å². The van der Waals surface area contributed by atoms with E-state index in [0.717, 1.165) is 37.8 Å². The molecule has 0 aliphatic carbocycles. The van der Waals surface area contributed by atoms with Gasteiger partial charge in [0.2, 0.25) is 0 Å². The van der Waals surface area contributed by atoms with E-state index in [1.807, 2.05) is 12.1 Å². The minimum atomic E-state index is -0.0908. The predicted octanol–water partition coefficient (Wildman–Crippen LogP) is 4.43. The Morgan fingerprint density at radius 2 is 2.05 bits per heavy atom. The summed E-state index contributed by atoms with van der Waals surface area (Å²) in [6.45, 7) is 3.15. The summed E-state index contributed by atoms with van der Waals surface area (Å²) in [7, 11) is 0. The van der Waals surface area contributed by atoms with Crippen molar-refractivity contribution in [1.82, 2.24) is 5.32 Å². The van der Waals surface area contributed by atoms with Crippen LogP contribution in [0.1, 0.15) is 30.2 Å². The summed E-state index contributed by atoms with van der Waals surface area (Å²) in [5.74, 6) is -0.0908. The van der Waals surface area contributed by atoms with Gasteiger partial charge in [0.05, 0.1) is 0 Å². The molecule has 1 nitrogen and oxygen atoms in total. The molecule has 2 aromatic rings. The first-order valence-corrected chi connectivity index (χ1v) is 8.16. The van der Waals surface area contributed by atoms with Crippen LogP contribution in [0.5, 0.6) is 0 Å². The van der Waals surface area contributed by atoms with Crippen LogP contribution in [0, 0.1) is 5.82 Å². The maximum absolute atomic E-state index is 13.8. The van der Waals surface area contributed by atoms with Crippen LogP contribution in [-0.4, -0.2) is 12.6 Å². The molecule has 0 radical (unpaired) electrons. The molecule has 1 aromatic carbocycles. The lowest BCUT2D eigenvalue weighted by atomic mass is 10.0. The summed E-state index contributed by atoms with van der Waals surface area (Å²) in [5.41, 5.74) is 0.812. The van der Waals surface area contributed by atoms with Crippen LogP contribution in [0.4, 0.5) is 4.39 Å². The summed E-state index contributed by atoms with van der Waals surface area (Å²) in [6.07, 6.45) is 3.98. The third-order valence-electron chi connectivity index (χ3n) is 3.43. The van der Waals surface area contributed by atoms with Crippen LogP contribution in [0.2, 0.25) is 0 Å². The maximum atomic E-state index is 13.8. The third-order valence-corrected chi connectivity index (χ3v) is 4.36. The summed E-state index contributed by atoms with van der Waals surface area (Å²) < 4.78 is 13.8. The monoisotopic (exact) mass is 291 g/mol. The highest BCUT2D eigenvalue weighted by atomic mass is 32.1. The van der Waals surface area contributed by atoms with E-state index in [9.17, 15) is 4.39 Å². The third kappa shape index (κ3) is 4.73. The second kappa shape index (κ2) is 8.18. The lowest BCUT2D eigenvalue weighted by molar-refractivity contribution is 0.469. The average molecular weight is 291 g/mol. The molecule has 0 amide bonds. The topological polar surface area (TPSA) is 12.0 Å². The number of hydrogen-bond donors (Lipinski definition) is 1. The predicted molar refractivity (Wildman–Crippen MR) is 84.8 cm³/mol. The van der Waals surface area contributed by atoms with Crippen LogP contribution >= 0.6 is 11.3 Å². The van der Waals surface area contributed by atoms with E-state index < -0.39 is 0 Å². The zero-order valence-electron chi connectivity index (χ0n) is 11.9. The van der Waals surface area contributed by atoms with E-state index in [1.54, 1.807) is 23.5 Å². The van der Waals surface area contributed by atoms with Crippen LogP contribution in [0.25, 0.3) is 0 Å². The van der Waals surface area contributed by atoms with Gasteiger partial charge in [0.15, 0.2) is 0 Å². The molecule has 2 rings (SSSR count). The summed E-state index contributed by atoms with van der Waals surface area (Å²) >= 11 is 1.80. The molecule has 1 aromatic heterocycles. The summed E-state index contributed by atoms with van der Waals surface area (Å²) in [4.78, 5) is 1.40. The molecule has 3 heteroatoms. The standard InChI is InChI=1S/C17H22FNS/c1-2-11-19-15(9-10-16-7-5-12-20-16)13-14-6-3-4-8-17(14)18/h3-8,12,15,19H,2,9-11,13H2,1H3. The Morgan fingerprint density at radius 1 is 1.20 bits per heavy atom. The van der Waals surface area contributed by atoms with Gasteiger partial charge < -0.3 is 5.32 Å². The molecular formula is C17H22FNS. The second-order valence-corrected chi connectivity index (χ2v) is 6.10. The molecule has 0 saturated carbocycles. The SMILES string of the molecule is CCCNC(CCc1cccs1)Cc1ccccc1F. The molecular weight excluding hydrogens is 269 g/mol. The van der Waals surface area contributed by atoms with Gasteiger partial charge in [-0.3, -0.25) is 0 Å². The number of thiophene rings is 1. The lowest BCUT2D eigenvalue weighted by Crippen LogP contribution is -2.32. The van der Waals surface area contributed by atoms with Crippen molar-refractivity contribution in [3.05, 3.63) is 58.0 Å². The maximum Gasteiger partial charge on any atom is 0.126 e. The van der Waals surface area contributed by atoms with Crippen molar-refractivity contribution < 1.29 is 4.39 Å². The summed E-state index contributed by atoms with van der Waals surface area (Å²) in [5, 5.41) is 5.66. The van der Waals surface area contributed by atoms with E-state index >= 15 is 0 Å². The Morgan fingerprint density at radius 3 is 2.75 bits per heavy atom. The number of nitrogens with one attached hydrogen (secondary N) is 1. The lowest BCUT2D eigenvalue weighted by Gasteiger charge is -2.18. The van der Waals surface area contributed by atoms with Gasteiger partial charge in [-0.25, -0.2) is 4.39 Å². The van der Waals surface area contributed by atoms with Crippen molar-refractivity contribution in [2.45, 2.75) is 38.6 Å². The van der Waals surface area contributed by atoms with Gasteiger partial charge >= 0.3 is 0 Å². The molecule has 0 fully saturated rings. The first kappa shape index (κ1) is 15.2. The Hall–Kier alpha value is -1.19. The first-order chi connectivity index (χ1) is 9.79. The van der Waals surface area contributed by atoms with Gasteiger partial charge in [-0.05, 0) is 55.3 Å². The van der Waals surface area contributed by atoms with Crippen molar-refractivity contribution in [3.63, 3.8) is 0 Å². The highest BCUT2D eigenvalue weighted by molar-refractivity contribution is 7.09. The van der Waals surface area contributed by atoms with Crippen LogP contribution < -0.4 is 5.32 Å². The Kier molecular flexibility index (Phi) is 6.22. The fourth-order valence-electron chi connectivity index (χ4n) is 2.33. The van der Waals surface area contributed by atoms with Crippen molar-refractivity contribution in [1.29, 1.82) is 0 Å². The molecule has 108 valence electrons. The van der Waals surface area contributed by atoms with Gasteiger partial charge in [-0.2, -0.15) is 0 Å². The highest BCUT2D eigenvalue weighted by Gasteiger charge is 2.12. The van der Waals surface area contributed by atoms with E-state index in [4.69, 9.17) is 0 Å². The fourth-order valence-corrected chi connectivity index (χ4v) is 3.05. The molecule has 0 aliphatic heterocycles. The number of halogens is 1. The molecule has 1 heterocycles. The number of rotatable bonds is 8. The molecule has 1 unspecified atom stereocenters. The van der Waals surface area contributed by atoms with Crippen LogP contribution in [0.15, 0.2) is 41.8 Å². The van der Waals surface area contributed by atoms with Gasteiger partial charge in [0.25, 0.3) is 0 Å². The molecule has 20 heavy (non-hydrogen) atoms. The second-order valence-electron chi connectivity index (χ2n) is 5.06. The minimum Gasteiger partial charge on any atom is -0.314 e. The molecule has 1 N–H and O–H groups in total. The van der Waals surface area contributed by atoms with E-state index in [1.165, 1.54) is 4.88 Å². The first-order valence-electron chi connectivity index (χ1n) is 7.28. The van der Waals surface area contributed by atoms with Gasteiger partial charge in [-0.15, -0.1) is 11.3 Å². The van der Waals surface area contributed by atoms with Crippen LogP contribution in [0.3, 0.4) is 0 Å². The zero-order valence-corrected chi connectivity index (χ0v) is 12.8. The molecule has 0 aliphatic rings. The molecule has 0 spiro atoms. The Bertz CT molecular complexity index is 495. The van der Waals surface area contributed by atoms with Gasteiger partial charge in [0, 0.05) is 10.9 Å². The van der Waals surface area contributed by atoms with Gasteiger partial charge in [-0.1, -0.05) is 31.2 Å². The van der Waals surface area contributed by atoms with Crippen molar-refractivity contribution in [2.24, 2.45) is 0 Å². The van der Waals surface area contributed by atoms with Crippen molar-refractivity contribution in [2.75, 3.05) is 6.54 Å². The zero-order chi connectivity index (χ0) is 14.2. The number of hydrogen-bond acceptors (Lipinski definition) is 2. The van der Waals surface area contributed by atoms with Crippen molar-refractivity contribution in [3.8, 4) is 0 Å². The number of benzene rings is 1. The fraction of sp³-hybridized carbons (Fsp3) is 0.412. The molecule has 0 bridgehead atoms. The van der Waals surface area contributed by atoms with Gasteiger partial charge in [0.1, 0.15) is 5.82 Å². The van der Waals surface area contributed by atoms with E-state index in [2.05, 4.69) is 29.8 Å².